The molecule has 0 fully saturated rings. The van der Waals surface area contributed by atoms with Gasteiger partial charge in [0.05, 0.1) is 10.6 Å². The van der Waals surface area contributed by atoms with Gasteiger partial charge in [-0.3, -0.25) is 0 Å². The van der Waals surface area contributed by atoms with Crippen molar-refractivity contribution in [2.75, 3.05) is 0 Å². The summed E-state index contributed by atoms with van der Waals surface area (Å²) in [5, 5.41) is 8.74. The van der Waals surface area contributed by atoms with E-state index in [1.165, 1.54) is 11.3 Å². The number of rotatable bonds is 5. The molecule has 3 heterocycles. The Labute approximate surface area is 152 Å². The van der Waals surface area contributed by atoms with Crippen molar-refractivity contribution in [2.45, 2.75) is 6.61 Å². The maximum atomic E-state index is 12.2. The minimum absolute atomic E-state index is 0.212. The van der Waals surface area contributed by atoms with Crippen LogP contribution in [-0.4, -0.2) is 20.7 Å². The molecule has 0 aliphatic carbocycles. The molecule has 4 rings (SSSR count). The predicted molar refractivity (Wildman–Crippen MR) is 98.1 cm³/mol. The summed E-state index contributed by atoms with van der Waals surface area (Å²) >= 11 is 3.05. The van der Waals surface area contributed by atoms with Crippen LogP contribution < -0.4 is 0 Å². The van der Waals surface area contributed by atoms with E-state index in [9.17, 15) is 4.79 Å². The second-order valence-electron chi connectivity index (χ2n) is 5.21. The Hall–Kier alpha value is -2.77. The van der Waals surface area contributed by atoms with E-state index in [-0.39, 0.29) is 6.61 Å². The van der Waals surface area contributed by atoms with E-state index >= 15 is 0 Å². The van der Waals surface area contributed by atoms with Crippen molar-refractivity contribution in [3.63, 3.8) is 0 Å². The highest BCUT2D eigenvalue weighted by molar-refractivity contribution is 7.20. The van der Waals surface area contributed by atoms with Crippen LogP contribution in [0.15, 0.2) is 65.6 Å². The topological polar surface area (TPSA) is 57.0 Å². The van der Waals surface area contributed by atoms with E-state index in [1.807, 2.05) is 54.0 Å². The maximum absolute atomic E-state index is 12.2. The number of benzene rings is 1. The van der Waals surface area contributed by atoms with Gasteiger partial charge in [-0.2, -0.15) is 5.10 Å². The van der Waals surface area contributed by atoms with Crippen molar-refractivity contribution in [3.8, 4) is 15.6 Å². The lowest BCUT2D eigenvalue weighted by Crippen LogP contribution is -2.05. The largest absolute Gasteiger partial charge is 0.456 e. The van der Waals surface area contributed by atoms with Gasteiger partial charge in [0.1, 0.15) is 11.6 Å². The number of ether oxygens (including phenoxy) is 1. The van der Waals surface area contributed by atoms with E-state index in [0.717, 1.165) is 21.1 Å². The van der Waals surface area contributed by atoms with Crippen molar-refractivity contribution in [2.24, 2.45) is 0 Å². The van der Waals surface area contributed by atoms with Crippen molar-refractivity contribution in [3.05, 3.63) is 76.9 Å². The molecule has 0 aliphatic rings. The average Bonchev–Trinajstić information content (AvgIpc) is 3.42. The smallest absolute Gasteiger partial charge is 0.358 e. The van der Waals surface area contributed by atoms with Crippen LogP contribution in [0.4, 0.5) is 0 Å². The summed E-state index contributed by atoms with van der Waals surface area (Å²) in [5.41, 5.74) is 2.22. The van der Waals surface area contributed by atoms with Crippen LogP contribution in [0.25, 0.3) is 15.6 Å². The lowest BCUT2D eigenvalue weighted by atomic mass is 10.2. The Balaban J connectivity index is 1.39. The molecule has 0 saturated heterocycles. The number of thiazole rings is 1. The standard InChI is InChI=1S/C18H13N3O2S2/c22-18(15-12-25-17(20-15)16-3-1-10-24-16)23-11-13-4-6-14(7-5-13)21-9-2-8-19-21/h1-10,12H,11H2. The summed E-state index contributed by atoms with van der Waals surface area (Å²) in [4.78, 5) is 17.6. The zero-order chi connectivity index (χ0) is 17.1. The van der Waals surface area contributed by atoms with Gasteiger partial charge >= 0.3 is 5.97 Å². The minimum atomic E-state index is -0.407. The Morgan fingerprint density at radius 1 is 1.12 bits per heavy atom. The molecule has 25 heavy (non-hydrogen) atoms. The number of hydrogen-bond donors (Lipinski definition) is 0. The molecule has 4 aromatic rings. The van der Waals surface area contributed by atoms with Gasteiger partial charge in [0.15, 0.2) is 5.69 Å². The van der Waals surface area contributed by atoms with E-state index in [1.54, 1.807) is 27.6 Å². The fraction of sp³-hybridized carbons (Fsp3) is 0.0556. The monoisotopic (exact) mass is 367 g/mol. The van der Waals surface area contributed by atoms with E-state index in [2.05, 4.69) is 10.1 Å². The molecule has 0 N–H and O–H groups in total. The average molecular weight is 367 g/mol. The summed E-state index contributed by atoms with van der Waals surface area (Å²) in [6.45, 7) is 0.212. The molecule has 124 valence electrons. The molecule has 7 heteroatoms. The van der Waals surface area contributed by atoms with Crippen LogP contribution in [0.1, 0.15) is 16.1 Å². The molecular weight excluding hydrogens is 354 g/mol. The van der Waals surface area contributed by atoms with Crippen LogP contribution >= 0.6 is 22.7 Å². The van der Waals surface area contributed by atoms with Gasteiger partial charge in [0, 0.05) is 17.8 Å². The Morgan fingerprint density at radius 2 is 2.00 bits per heavy atom. The molecule has 0 radical (unpaired) electrons. The van der Waals surface area contributed by atoms with Crippen LogP contribution in [-0.2, 0) is 11.3 Å². The number of aromatic nitrogens is 3. The lowest BCUT2D eigenvalue weighted by molar-refractivity contribution is 0.0467. The number of nitrogens with zero attached hydrogens (tertiary/aromatic N) is 3. The predicted octanol–water partition coefficient (Wildman–Crippen LogP) is 4.41. The second kappa shape index (κ2) is 7.00. The molecule has 0 aliphatic heterocycles. The van der Waals surface area contributed by atoms with Crippen molar-refractivity contribution < 1.29 is 9.53 Å². The summed E-state index contributed by atoms with van der Waals surface area (Å²) in [5.74, 6) is -0.407. The number of carbonyl (C=O) groups excluding carboxylic acids is 1. The minimum Gasteiger partial charge on any atom is -0.456 e. The van der Waals surface area contributed by atoms with E-state index in [0.29, 0.717) is 5.69 Å². The molecule has 0 unspecified atom stereocenters. The number of esters is 1. The second-order valence-corrected chi connectivity index (χ2v) is 7.01. The van der Waals surface area contributed by atoms with Gasteiger partial charge in [0.2, 0.25) is 0 Å². The van der Waals surface area contributed by atoms with Crippen molar-refractivity contribution in [1.82, 2.24) is 14.8 Å². The molecular formula is C18H13N3O2S2. The molecule has 5 nitrogen and oxygen atoms in total. The van der Waals surface area contributed by atoms with Gasteiger partial charge in [-0.15, -0.1) is 22.7 Å². The van der Waals surface area contributed by atoms with Crippen molar-refractivity contribution >= 4 is 28.6 Å². The van der Waals surface area contributed by atoms with E-state index < -0.39 is 5.97 Å². The zero-order valence-electron chi connectivity index (χ0n) is 13.0. The maximum Gasteiger partial charge on any atom is 0.358 e. The Kier molecular flexibility index (Phi) is 4.41. The molecule has 0 bridgehead atoms. The summed E-state index contributed by atoms with van der Waals surface area (Å²) in [7, 11) is 0. The number of carbonyl (C=O) groups is 1. The summed E-state index contributed by atoms with van der Waals surface area (Å²) < 4.78 is 7.14. The molecule has 0 saturated carbocycles. The Bertz CT molecular complexity index is 958. The van der Waals surface area contributed by atoms with Crippen LogP contribution in [0.3, 0.4) is 0 Å². The first kappa shape index (κ1) is 15.7. The highest BCUT2D eigenvalue weighted by atomic mass is 32.1. The molecule has 0 spiro atoms. The molecule has 0 atom stereocenters. The van der Waals surface area contributed by atoms with Gasteiger partial charge in [-0.25, -0.2) is 14.5 Å². The van der Waals surface area contributed by atoms with Gasteiger partial charge in [-0.05, 0) is 35.2 Å². The summed E-state index contributed by atoms with van der Waals surface area (Å²) in [6.07, 6.45) is 3.61. The number of thiophene rings is 1. The molecule has 3 aromatic heterocycles. The molecule has 1 aromatic carbocycles. The SMILES string of the molecule is O=C(OCc1ccc(-n2cccn2)cc1)c1csc(-c2cccs2)n1. The fourth-order valence-electron chi connectivity index (χ4n) is 2.27. The van der Waals surface area contributed by atoms with E-state index in [4.69, 9.17) is 4.74 Å². The van der Waals surface area contributed by atoms with Gasteiger partial charge in [-0.1, -0.05) is 18.2 Å². The molecule has 0 amide bonds. The third-order valence-corrected chi connectivity index (χ3v) is 5.40. The normalized spacial score (nSPS) is 10.7. The van der Waals surface area contributed by atoms with Gasteiger partial charge < -0.3 is 4.74 Å². The highest BCUT2D eigenvalue weighted by Crippen LogP contribution is 2.28. The highest BCUT2D eigenvalue weighted by Gasteiger charge is 2.14. The Morgan fingerprint density at radius 3 is 2.72 bits per heavy atom. The van der Waals surface area contributed by atoms with Crippen LogP contribution in [0, 0.1) is 0 Å². The third kappa shape index (κ3) is 3.52. The quantitative estimate of drug-likeness (QED) is 0.490. The van der Waals surface area contributed by atoms with Crippen molar-refractivity contribution in [1.29, 1.82) is 0 Å². The first-order valence-corrected chi connectivity index (χ1v) is 9.31. The zero-order valence-corrected chi connectivity index (χ0v) is 14.7. The van der Waals surface area contributed by atoms with Crippen LogP contribution in [0.2, 0.25) is 0 Å². The van der Waals surface area contributed by atoms with Gasteiger partial charge in [0.25, 0.3) is 0 Å². The first-order chi connectivity index (χ1) is 12.3. The summed E-state index contributed by atoms with van der Waals surface area (Å²) in [6, 6.07) is 13.5. The lowest BCUT2D eigenvalue weighted by Gasteiger charge is -2.05. The third-order valence-electron chi connectivity index (χ3n) is 3.52. The fourth-order valence-corrected chi connectivity index (χ4v) is 3.87. The van der Waals surface area contributed by atoms with Crippen LogP contribution in [0.5, 0.6) is 0 Å². The number of hydrogen-bond acceptors (Lipinski definition) is 6. The first-order valence-electron chi connectivity index (χ1n) is 7.55.